The molecule has 4 rings (SSSR count). The topological polar surface area (TPSA) is 0 Å². The van der Waals surface area contributed by atoms with Crippen molar-refractivity contribution in [2.24, 2.45) is 5.41 Å². The van der Waals surface area contributed by atoms with Crippen LogP contribution in [0.15, 0.2) is 59.2 Å². The van der Waals surface area contributed by atoms with Crippen LogP contribution in [0.25, 0.3) is 11.1 Å². The number of benzene rings is 2. The molecule has 0 saturated carbocycles. The van der Waals surface area contributed by atoms with Crippen LogP contribution in [-0.4, -0.2) is 0 Å². The van der Waals surface area contributed by atoms with Gasteiger partial charge in [0.25, 0.3) is 0 Å². The van der Waals surface area contributed by atoms with E-state index in [1.54, 1.807) is 11.1 Å². The molecule has 2 aliphatic carbocycles. The number of allylic oxidation sites excluding steroid dienone is 4. The van der Waals surface area contributed by atoms with Gasteiger partial charge in [0.15, 0.2) is 0 Å². The lowest BCUT2D eigenvalue weighted by molar-refractivity contribution is 0.490. The summed E-state index contributed by atoms with van der Waals surface area (Å²) in [5, 5.41) is 0. The van der Waals surface area contributed by atoms with Gasteiger partial charge in [-0.2, -0.15) is 0 Å². The van der Waals surface area contributed by atoms with Crippen molar-refractivity contribution >= 4 is 0 Å². The zero-order valence-corrected chi connectivity index (χ0v) is 21.3. The van der Waals surface area contributed by atoms with E-state index in [0.29, 0.717) is 5.92 Å². The van der Waals surface area contributed by atoms with Crippen molar-refractivity contribution in [3.63, 3.8) is 0 Å². The van der Waals surface area contributed by atoms with Crippen LogP contribution >= 0.6 is 0 Å². The van der Waals surface area contributed by atoms with E-state index in [-0.39, 0.29) is 16.2 Å². The minimum Gasteiger partial charge on any atom is -0.0772 e. The number of hydrogen-bond donors (Lipinski definition) is 0. The maximum Gasteiger partial charge on any atom is 0.0354 e. The predicted octanol–water partition coefficient (Wildman–Crippen LogP) is 9.09. The first kappa shape index (κ1) is 22.1. The van der Waals surface area contributed by atoms with Crippen molar-refractivity contribution in [1.82, 2.24) is 0 Å². The lowest BCUT2D eigenvalue weighted by Crippen LogP contribution is -2.15. The third-order valence-corrected chi connectivity index (χ3v) is 7.30. The van der Waals surface area contributed by atoms with Gasteiger partial charge in [-0.15, -0.1) is 0 Å². The van der Waals surface area contributed by atoms with Crippen molar-refractivity contribution in [3.05, 3.63) is 81.4 Å². The molecule has 0 amide bonds. The van der Waals surface area contributed by atoms with Crippen molar-refractivity contribution in [2.75, 3.05) is 0 Å². The molecule has 164 valence electrons. The smallest absolute Gasteiger partial charge is 0.0354 e. The molecular formula is C31H40. The van der Waals surface area contributed by atoms with E-state index < -0.39 is 0 Å². The molecule has 0 unspecified atom stereocenters. The Balaban J connectivity index is 2.04. The van der Waals surface area contributed by atoms with Crippen LogP contribution in [0.4, 0.5) is 0 Å². The van der Waals surface area contributed by atoms with Crippen LogP contribution in [0.2, 0.25) is 0 Å². The minimum atomic E-state index is 0.146. The summed E-state index contributed by atoms with van der Waals surface area (Å²) in [6.07, 6.45) is 3.54. The molecule has 0 atom stereocenters. The molecule has 2 aliphatic rings. The summed E-state index contributed by atoms with van der Waals surface area (Å²) < 4.78 is 0. The van der Waals surface area contributed by atoms with E-state index in [1.165, 1.54) is 39.0 Å². The number of hydrogen-bond acceptors (Lipinski definition) is 0. The Morgan fingerprint density at radius 1 is 0.645 bits per heavy atom. The highest BCUT2D eigenvalue weighted by Crippen LogP contribution is 2.55. The fourth-order valence-corrected chi connectivity index (χ4v) is 5.33. The van der Waals surface area contributed by atoms with E-state index in [1.807, 2.05) is 0 Å². The molecule has 0 N–H and O–H groups in total. The largest absolute Gasteiger partial charge is 0.0772 e. The van der Waals surface area contributed by atoms with Crippen LogP contribution in [0, 0.1) is 5.41 Å². The first-order chi connectivity index (χ1) is 14.2. The van der Waals surface area contributed by atoms with Gasteiger partial charge in [-0.1, -0.05) is 116 Å². The zero-order chi connectivity index (χ0) is 22.9. The molecule has 2 aromatic rings. The highest BCUT2D eigenvalue weighted by atomic mass is 14.4. The zero-order valence-electron chi connectivity index (χ0n) is 21.3. The second-order valence-corrected chi connectivity index (χ2v) is 12.8. The molecule has 0 spiro atoms. The molecule has 0 heteroatoms. The number of fused-ring (bicyclic) bond motifs is 3. The van der Waals surface area contributed by atoms with Crippen molar-refractivity contribution < 1.29 is 0 Å². The average molecular weight is 413 g/mol. The minimum absolute atomic E-state index is 0.146. The lowest BCUT2D eigenvalue weighted by Gasteiger charge is -2.29. The lowest BCUT2D eigenvalue weighted by atomic mass is 9.75. The van der Waals surface area contributed by atoms with E-state index in [2.05, 4.69) is 112 Å². The van der Waals surface area contributed by atoms with Crippen LogP contribution < -0.4 is 0 Å². The Hall–Kier alpha value is -2.08. The third kappa shape index (κ3) is 3.73. The molecule has 31 heavy (non-hydrogen) atoms. The predicted molar refractivity (Wildman–Crippen MR) is 136 cm³/mol. The Kier molecular flexibility index (Phi) is 4.97. The Labute approximate surface area is 190 Å². The van der Waals surface area contributed by atoms with Gasteiger partial charge in [0.1, 0.15) is 0 Å². The molecule has 0 aromatic heterocycles. The summed E-state index contributed by atoms with van der Waals surface area (Å²) in [5.41, 5.74) is 13.8. The van der Waals surface area contributed by atoms with Crippen LogP contribution in [0.3, 0.4) is 0 Å². The fourth-order valence-electron chi connectivity index (χ4n) is 5.33. The van der Waals surface area contributed by atoms with E-state index in [4.69, 9.17) is 0 Å². The normalized spacial score (nSPS) is 17.2. The van der Waals surface area contributed by atoms with Crippen molar-refractivity contribution in [1.29, 1.82) is 0 Å². The maximum absolute atomic E-state index is 2.51. The van der Waals surface area contributed by atoms with Gasteiger partial charge in [-0.05, 0) is 68.5 Å². The average Bonchev–Trinajstić information content (AvgIpc) is 3.16. The second kappa shape index (κ2) is 6.96. The molecule has 0 saturated heterocycles. The summed E-state index contributed by atoms with van der Waals surface area (Å²) in [7, 11) is 0. The van der Waals surface area contributed by atoms with Gasteiger partial charge in [0.05, 0.1) is 0 Å². The second-order valence-electron chi connectivity index (χ2n) is 12.8. The summed E-state index contributed by atoms with van der Waals surface area (Å²) >= 11 is 0. The first-order valence-electron chi connectivity index (χ1n) is 11.9. The Morgan fingerprint density at radius 3 is 1.48 bits per heavy atom. The SMILES string of the molecule is CC1=CCC(C(C)(C)C)=C1C1c2cc(C(C)(C)C)ccc2-c2ccc(C(C)(C)C)cc21. The molecule has 0 heterocycles. The summed E-state index contributed by atoms with van der Waals surface area (Å²) in [6, 6.07) is 14.5. The fraction of sp³-hybridized carbons (Fsp3) is 0.484. The monoisotopic (exact) mass is 412 g/mol. The van der Waals surface area contributed by atoms with Gasteiger partial charge < -0.3 is 0 Å². The van der Waals surface area contributed by atoms with Crippen LogP contribution in [0.1, 0.15) is 104 Å². The molecule has 0 fully saturated rings. The van der Waals surface area contributed by atoms with Gasteiger partial charge >= 0.3 is 0 Å². The van der Waals surface area contributed by atoms with Crippen LogP contribution in [-0.2, 0) is 10.8 Å². The third-order valence-electron chi connectivity index (χ3n) is 7.30. The highest BCUT2D eigenvalue weighted by Gasteiger charge is 2.38. The van der Waals surface area contributed by atoms with E-state index in [0.717, 1.165) is 6.42 Å². The molecule has 0 bridgehead atoms. The van der Waals surface area contributed by atoms with Gasteiger partial charge in [-0.3, -0.25) is 0 Å². The van der Waals surface area contributed by atoms with E-state index >= 15 is 0 Å². The molecular weight excluding hydrogens is 372 g/mol. The van der Waals surface area contributed by atoms with Crippen LogP contribution in [0.5, 0.6) is 0 Å². The molecule has 0 nitrogen and oxygen atoms in total. The molecule has 0 radical (unpaired) electrons. The Bertz CT molecular complexity index is 1030. The standard InChI is InChI=1S/C31H40/c1-19-11-16-26(31(8,9)10)27(19)28-24-17-20(29(2,3)4)12-14-22(24)23-15-13-21(18-25(23)28)30(5,6)7/h11-15,17-18,28H,16H2,1-10H3. The van der Waals surface area contributed by atoms with Crippen molar-refractivity contribution in [2.45, 2.75) is 92.4 Å². The highest BCUT2D eigenvalue weighted by molar-refractivity contribution is 5.82. The summed E-state index contributed by atoms with van der Waals surface area (Å²) in [4.78, 5) is 0. The summed E-state index contributed by atoms with van der Waals surface area (Å²) in [6.45, 7) is 23.4. The Morgan fingerprint density at radius 2 is 1.10 bits per heavy atom. The molecule has 2 aromatic carbocycles. The summed E-state index contributed by atoms with van der Waals surface area (Å²) in [5.74, 6) is 0.336. The van der Waals surface area contributed by atoms with Gasteiger partial charge in [0.2, 0.25) is 0 Å². The van der Waals surface area contributed by atoms with E-state index in [9.17, 15) is 0 Å². The number of rotatable bonds is 1. The molecule has 0 aliphatic heterocycles. The van der Waals surface area contributed by atoms with Gasteiger partial charge in [-0.25, -0.2) is 0 Å². The van der Waals surface area contributed by atoms with Crippen molar-refractivity contribution in [3.8, 4) is 11.1 Å². The maximum atomic E-state index is 2.51. The first-order valence-corrected chi connectivity index (χ1v) is 11.9. The quantitative estimate of drug-likeness (QED) is 0.438. The van der Waals surface area contributed by atoms with Gasteiger partial charge in [0, 0.05) is 5.92 Å².